The number of rotatable bonds is 16. The first-order chi connectivity index (χ1) is 19.0. The van der Waals surface area contributed by atoms with Crippen molar-refractivity contribution in [1.29, 1.82) is 5.26 Å². The Bertz CT molecular complexity index is 1080. The SMILES string of the molecule is CCCCCCCCC(C#N)(CCCN1CCC(C(=O)c2ccc(F)cc2)CC1)c1ccc(OC)c(OC)c1.Cl. The normalized spacial score (nSPS) is 15.5. The van der Waals surface area contributed by atoms with Crippen LogP contribution in [0.25, 0.3) is 0 Å². The monoisotopic (exact) mass is 572 g/mol. The fourth-order valence-electron chi connectivity index (χ4n) is 5.80. The Kier molecular flexibility index (Phi) is 14.5. The van der Waals surface area contributed by atoms with E-state index in [0.717, 1.165) is 70.1 Å². The molecular formula is C33H46ClFN2O3. The topological polar surface area (TPSA) is 62.6 Å². The van der Waals surface area contributed by atoms with Gasteiger partial charge in [-0.2, -0.15) is 5.26 Å². The summed E-state index contributed by atoms with van der Waals surface area (Å²) in [4.78, 5) is 15.3. The first kappa shape index (κ1) is 33.6. The van der Waals surface area contributed by atoms with Crippen molar-refractivity contribution in [3.05, 3.63) is 59.4 Å². The van der Waals surface area contributed by atoms with Crippen LogP contribution in [0.2, 0.25) is 0 Å². The van der Waals surface area contributed by atoms with Gasteiger partial charge in [-0.05, 0) is 93.7 Å². The van der Waals surface area contributed by atoms with Crippen LogP contribution in [-0.4, -0.2) is 44.5 Å². The van der Waals surface area contributed by atoms with Crippen LogP contribution >= 0.6 is 12.4 Å². The molecule has 0 aliphatic carbocycles. The molecule has 0 bridgehead atoms. The van der Waals surface area contributed by atoms with Gasteiger partial charge in [-0.1, -0.05) is 51.5 Å². The number of ether oxygens (including phenoxy) is 2. The average molecular weight is 573 g/mol. The second-order valence-corrected chi connectivity index (χ2v) is 10.9. The van der Waals surface area contributed by atoms with E-state index in [0.29, 0.717) is 17.1 Å². The van der Waals surface area contributed by atoms with Crippen LogP contribution in [0.3, 0.4) is 0 Å². The number of halogens is 2. The molecule has 0 spiro atoms. The lowest BCUT2D eigenvalue weighted by Crippen LogP contribution is -2.37. The van der Waals surface area contributed by atoms with Crippen molar-refractivity contribution < 1.29 is 18.7 Å². The highest BCUT2D eigenvalue weighted by Crippen LogP contribution is 2.39. The summed E-state index contributed by atoms with van der Waals surface area (Å²) in [6, 6.07) is 14.5. The first-order valence-electron chi connectivity index (χ1n) is 14.6. The fraction of sp³-hybridized carbons (Fsp3) is 0.576. The number of carbonyl (C=O) groups is 1. The van der Waals surface area contributed by atoms with Gasteiger partial charge in [0.15, 0.2) is 17.3 Å². The number of likely N-dealkylation sites (tertiary alicyclic amines) is 1. The third-order valence-corrected chi connectivity index (χ3v) is 8.27. The molecule has 0 aromatic heterocycles. The summed E-state index contributed by atoms with van der Waals surface area (Å²) >= 11 is 0. The van der Waals surface area contributed by atoms with Gasteiger partial charge in [0.25, 0.3) is 0 Å². The minimum atomic E-state index is -0.568. The van der Waals surface area contributed by atoms with Gasteiger partial charge in [0, 0.05) is 11.5 Å². The summed E-state index contributed by atoms with van der Waals surface area (Å²) in [6.45, 7) is 4.87. The second-order valence-electron chi connectivity index (χ2n) is 10.9. The zero-order chi connectivity index (χ0) is 28.1. The molecule has 1 heterocycles. The summed E-state index contributed by atoms with van der Waals surface area (Å²) in [5, 5.41) is 10.5. The van der Waals surface area contributed by atoms with E-state index in [9.17, 15) is 14.4 Å². The van der Waals surface area contributed by atoms with Crippen molar-refractivity contribution in [2.24, 2.45) is 5.92 Å². The molecule has 1 aliphatic heterocycles. The summed E-state index contributed by atoms with van der Waals surface area (Å²) < 4.78 is 24.2. The second kappa shape index (κ2) is 17.3. The largest absolute Gasteiger partial charge is 0.493 e. The maximum Gasteiger partial charge on any atom is 0.166 e. The van der Waals surface area contributed by atoms with E-state index in [4.69, 9.17) is 9.47 Å². The van der Waals surface area contributed by atoms with Gasteiger partial charge in [0.1, 0.15) is 5.82 Å². The molecule has 40 heavy (non-hydrogen) atoms. The Labute approximate surface area is 246 Å². The third kappa shape index (κ3) is 9.21. The van der Waals surface area contributed by atoms with Crippen LogP contribution in [0.15, 0.2) is 42.5 Å². The van der Waals surface area contributed by atoms with E-state index < -0.39 is 5.41 Å². The van der Waals surface area contributed by atoms with Crippen LogP contribution in [0.1, 0.15) is 93.5 Å². The third-order valence-electron chi connectivity index (χ3n) is 8.27. The lowest BCUT2D eigenvalue weighted by atomic mass is 9.74. The zero-order valence-electron chi connectivity index (χ0n) is 24.4. The van der Waals surface area contributed by atoms with Crippen LogP contribution < -0.4 is 9.47 Å². The highest BCUT2D eigenvalue weighted by atomic mass is 35.5. The number of ketones is 1. The number of methoxy groups -OCH3 is 2. The molecule has 0 N–H and O–H groups in total. The van der Waals surface area contributed by atoms with E-state index in [1.807, 2.05) is 18.2 Å². The number of hydrogen-bond acceptors (Lipinski definition) is 5. The number of nitrogens with zero attached hydrogens (tertiary/aromatic N) is 2. The van der Waals surface area contributed by atoms with E-state index >= 15 is 0 Å². The number of unbranched alkanes of at least 4 members (excludes halogenated alkanes) is 5. The Morgan fingerprint density at radius 2 is 1.57 bits per heavy atom. The highest BCUT2D eigenvalue weighted by Gasteiger charge is 2.33. The van der Waals surface area contributed by atoms with Crippen LogP contribution in [0, 0.1) is 23.1 Å². The first-order valence-corrected chi connectivity index (χ1v) is 14.6. The number of hydrogen-bond donors (Lipinski definition) is 0. The molecule has 5 nitrogen and oxygen atoms in total. The molecule has 2 aromatic carbocycles. The van der Waals surface area contributed by atoms with E-state index in [1.54, 1.807) is 26.4 Å². The van der Waals surface area contributed by atoms with Crippen molar-refractivity contribution in [3.63, 3.8) is 0 Å². The van der Waals surface area contributed by atoms with Crippen LogP contribution in [0.5, 0.6) is 11.5 Å². The number of carbonyl (C=O) groups excluding carboxylic acids is 1. The lowest BCUT2D eigenvalue weighted by molar-refractivity contribution is 0.0838. The maximum absolute atomic E-state index is 13.2. The van der Waals surface area contributed by atoms with Crippen molar-refractivity contribution in [3.8, 4) is 17.6 Å². The molecule has 0 radical (unpaired) electrons. The Morgan fingerprint density at radius 3 is 2.20 bits per heavy atom. The molecule has 1 fully saturated rings. The minimum Gasteiger partial charge on any atom is -0.493 e. The number of Topliss-reactive ketones (excluding diaryl/α,β-unsaturated/α-hetero) is 1. The smallest absolute Gasteiger partial charge is 0.166 e. The van der Waals surface area contributed by atoms with Gasteiger partial charge >= 0.3 is 0 Å². The molecule has 1 saturated heterocycles. The molecule has 1 unspecified atom stereocenters. The molecule has 1 atom stereocenters. The van der Waals surface area contributed by atoms with Gasteiger partial charge in [-0.25, -0.2) is 4.39 Å². The van der Waals surface area contributed by atoms with Crippen LogP contribution in [0.4, 0.5) is 4.39 Å². The Balaban J connectivity index is 0.00000560. The lowest BCUT2D eigenvalue weighted by Gasteiger charge is -2.33. The summed E-state index contributed by atoms with van der Waals surface area (Å²) in [6.07, 6.45) is 11.3. The number of nitriles is 1. The highest BCUT2D eigenvalue weighted by molar-refractivity contribution is 5.97. The van der Waals surface area contributed by atoms with E-state index in [-0.39, 0.29) is 29.9 Å². The van der Waals surface area contributed by atoms with Gasteiger partial charge in [-0.15, -0.1) is 12.4 Å². The predicted molar refractivity (Wildman–Crippen MR) is 161 cm³/mol. The van der Waals surface area contributed by atoms with Crippen molar-refractivity contribution in [2.45, 2.75) is 83.0 Å². The average Bonchev–Trinajstić information content (AvgIpc) is 2.98. The standard InChI is InChI=1S/C33H45FN2O3.ClH/c1-4-5-6-7-8-9-19-33(25-35,28-13-16-30(38-2)31(24-28)39-3)20-10-21-36-22-17-27(18-23-36)32(37)26-11-14-29(34)15-12-26;/h11-16,24,27H,4-10,17-23H2,1-3H3;1H. The van der Waals surface area contributed by atoms with Gasteiger partial charge in [0.2, 0.25) is 0 Å². The van der Waals surface area contributed by atoms with Crippen molar-refractivity contribution >= 4 is 18.2 Å². The van der Waals surface area contributed by atoms with E-state index in [2.05, 4.69) is 17.9 Å². The minimum absolute atomic E-state index is 0. The maximum atomic E-state index is 13.2. The van der Waals surface area contributed by atoms with Crippen molar-refractivity contribution in [1.82, 2.24) is 4.90 Å². The Morgan fingerprint density at radius 1 is 0.950 bits per heavy atom. The van der Waals surface area contributed by atoms with Gasteiger partial charge in [0.05, 0.1) is 25.7 Å². The van der Waals surface area contributed by atoms with Crippen molar-refractivity contribution in [2.75, 3.05) is 33.9 Å². The molecular weight excluding hydrogens is 527 g/mol. The molecule has 3 rings (SSSR count). The van der Waals surface area contributed by atoms with Crippen LogP contribution in [-0.2, 0) is 5.41 Å². The molecule has 220 valence electrons. The summed E-state index contributed by atoms with van der Waals surface area (Å²) in [5.41, 5.74) is 1.03. The molecule has 2 aromatic rings. The van der Waals surface area contributed by atoms with Gasteiger partial charge in [-0.3, -0.25) is 4.79 Å². The summed E-state index contributed by atoms with van der Waals surface area (Å²) in [7, 11) is 3.26. The molecule has 1 aliphatic rings. The Hall–Kier alpha value is -2.62. The molecule has 7 heteroatoms. The molecule has 0 saturated carbocycles. The van der Waals surface area contributed by atoms with Gasteiger partial charge < -0.3 is 14.4 Å². The summed E-state index contributed by atoms with van der Waals surface area (Å²) in [5.74, 6) is 1.12. The van der Waals surface area contributed by atoms with E-state index in [1.165, 1.54) is 37.8 Å². The number of benzene rings is 2. The zero-order valence-corrected chi connectivity index (χ0v) is 25.2. The molecule has 0 amide bonds. The number of piperidine rings is 1. The quantitative estimate of drug-likeness (QED) is 0.150. The predicted octanol–water partition coefficient (Wildman–Crippen LogP) is 8.15. The fourth-order valence-corrected chi connectivity index (χ4v) is 5.80.